The molecule has 0 atom stereocenters. The largest absolute Gasteiger partial charge is 1.00 e. The molecule has 0 bridgehead atoms. The standard InChI is InChI=1S/C13H17N2.ClH/c1-15(2,3)13-9-5-6-10-11(13)7-4-8-12(10)14;/h4-9H,14H2,1-3H3;1H/q+1;/p-1. The highest BCUT2D eigenvalue weighted by atomic mass is 35.5. The van der Waals surface area contributed by atoms with Crippen LogP contribution in [0.3, 0.4) is 0 Å². The summed E-state index contributed by atoms with van der Waals surface area (Å²) in [6, 6.07) is 12.4. The predicted molar refractivity (Wildman–Crippen MR) is 67.9 cm³/mol. The first-order chi connectivity index (χ1) is 7.00. The molecule has 0 fully saturated rings. The minimum Gasteiger partial charge on any atom is -1.00 e. The summed E-state index contributed by atoms with van der Waals surface area (Å²) in [5.41, 5.74) is 8.10. The Kier molecular flexibility index (Phi) is 3.46. The molecule has 0 unspecified atom stereocenters. The lowest BCUT2D eigenvalue weighted by Gasteiger charge is -2.25. The van der Waals surface area contributed by atoms with Gasteiger partial charge < -0.3 is 18.1 Å². The molecule has 0 radical (unpaired) electrons. The number of nitrogen functional groups attached to an aromatic ring is 1. The van der Waals surface area contributed by atoms with Crippen LogP contribution in [0.5, 0.6) is 0 Å². The van der Waals surface area contributed by atoms with Gasteiger partial charge in [-0.25, -0.2) is 0 Å². The molecule has 0 spiro atoms. The SMILES string of the molecule is C[N+](C)(C)c1cccc2c(N)cccc12.[Cl-]. The molecule has 0 aliphatic heterocycles. The first-order valence-corrected chi connectivity index (χ1v) is 5.09. The molecule has 0 saturated heterocycles. The van der Waals surface area contributed by atoms with Crippen LogP contribution in [-0.4, -0.2) is 21.1 Å². The number of anilines is 1. The van der Waals surface area contributed by atoms with Crippen LogP contribution in [0.2, 0.25) is 0 Å². The van der Waals surface area contributed by atoms with Gasteiger partial charge in [0, 0.05) is 16.5 Å². The lowest BCUT2D eigenvalue weighted by molar-refractivity contribution is -0.00000330. The second-order valence-electron chi connectivity index (χ2n) is 4.73. The van der Waals surface area contributed by atoms with Crippen molar-refractivity contribution in [1.29, 1.82) is 0 Å². The summed E-state index contributed by atoms with van der Waals surface area (Å²) in [5, 5.41) is 2.38. The second-order valence-corrected chi connectivity index (χ2v) is 4.73. The van der Waals surface area contributed by atoms with Crippen molar-refractivity contribution in [3.05, 3.63) is 36.4 Å². The Balaban J connectivity index is 0.00000128. The Hall–Kier alpha value is -1.25. The van der Waals surface area contributed by atoms with E-state index in [1.54, 1.807) is 0 Å². The Morgan fingerprint density at radius 3 is 2.06 bits per heavy atom. The van der Waals surface area contributed by atoms with Crippen LogP contribution in [0.1, 0.15) is 0 Å². The van der Waals surface area contributed by atoms with Crippen molar-refractivity contribution in [2.75, 3.05) is 26.9 Å². The molecule has 0 amide bonds. The molecule has 2 rings (SSSR count). The van der Waals surface area contributed by atoms with Crippen molar-refractivity contribution in [1.82, 2.24) is 4.48 Å². The quantitative estimate of drug-likeness (QED) is 0.531. The van der Waals surface area contributed by atoms with Gasteiger partial charge >= 0.3 is 0 Å². The summed E-state index contributed by atoms with van der Waals surface area (Å²) in [5.74, 6) is 0. The van der Waals surface area contributed by atoms with E-state index in [9.17, 15) is 0 Å². The third-order valence-corrected chi connectivity index (χ3v) is 2.66. The molecule has 0 saturated carbocycles. The van der Waals surface area contributed by atoms with Crippen molar-refractivity contribution >= 4 is 22.1 Å². The van der Waals surface area contributed by atoms with E-state index in [1.165, 1.54) is 11.1 Å². The van der Waals surface area contributed by atoms with Crippen LogP contribution in [0.25, 0.3) is 10.8 Å². The normalized spacial score (nSPS) is 11.2. The van der Waals surface area contributed by atoms with Gasteiger partial charge in [0.15, 0.2) is 0 Å². The summed E-state index contributed by atoms with van der Waals surface area (Å²) in [6.45, 7) is 0. The highest BCUT2D eigenvalue weighted by Gasteiger charge is 2.15. The van der Waals surface area contributed by atoms with Gasteiger partial charge in [0.25, 0.3) is 0 Å². The highest BCUT2D eigenvalue weighted by Crippen LogP contribution is 2.31. The van der Waals surface area contributed by atoms with Gasteiger partial charge in [0.1, 0.15) is 5.69 Å². The van der Waals surface area contributed by atoms with E-state index in [2.05, 4.69) is 45.4 Å². The van der Waals surface area contributed by atoms with Gasteiger partial charge in [-0.1, -0.05) is 18.2 Å². The molecular weight excluding hydrogens is 220 g/mol. The third kappa shape index (κ3) is 2.13. The minimum absolute atomic E-state index is 0. The molecule has 0 heterocycles. The van der Waals surface area contributed by atoms with Crippen LogP contribution in [0.15, 0.2) is 36.4 Å². The average Bonchev–Trinajstić information content (AvgIpc) is 2.16. The molecule has 2 nitrogen and oxygen atoms in total. The number of benzene rings is 2. The first-order valence-electron chi connectivity index (χ1n) is 5.09. The molecule has 16 heavy (non-hydrogen) atoms. The number of hydrogen-bond acceptors (Lipinski definition) is 1. The van der Waals surface area contributed by atoms with E-state index < -0.39 is 0 Å². The van der Waals surface area contributed by atoms with E-state index in [0.29, 0.717) is 0 Å². The maximum absolute atomic E-state index is 5.96. The highest BCUT2D eigenvalue weighted by molar-refractivity contribution is 6.00. The van der Waals surface area contributed by atoms with Crippen LogP contribution in [-0.2, 0) is 0 Å². The first kappa shape index (κ1) is 12.8. The molecule has 2 aromatic carbocycles. The summed E-state index contributed by atoms with van der Waals surface area (Å²) in [6.07, 6.45) is 0. The van der Waals surface area contributed by atoms with E-state index >= 15 is 0 Å². The maximum atomic E-state index is 5.96. The van der Waals surface area contributed by atoms with Gasteiger partial charge in [-0.3, -0.25) is 4.48 Å². The van der Waals surface area contributed by atoms with Gasteiger partial charge in [-0.15, -0.1) is 0 Å². The summed E-state index contributed by atoms with van der Waals surface area (Å²) in [7, 11) is 6.49. The van der Waals surface area contributed by atoms with Crippen molar-refractivity contribution in [3.8, 4) is 0 Å². The van der Waals surface area contributed by atoms with E-state index in [1.807, 2.05) is 12.1 Å². The molecule has 2 N–H and O–H groups in total. The van der Waals surface area contributed by atoms with E-state index in [-0.39, 0.29) is 12.4 Å². The fourth-order valence-electron chi connectivity index (χ4n) is 1.90. The van der Waals surface area contributed by atoms with E-state index in [4.69, 9.17) is 5.73 Å². The molecule has 2 aromatic rings. The fraction of sp³-hybridized carbons (Fsp3) is 0.231. The van der Waals surface area contributed by atoms with Crippen LogP contribution >= 0.6 is 0 Å². The number of hydrogen-bond donors (Lipinski definition) is 1. The summed E-state index contributed by atoms with van der Waals surface area (Å²) in [4.78, 5) is 0. The fourth-order valence-corrected chi connectivity index (χ4v) is 1.90. The Bertz CT molecular complexity index is 501. The van der Waals surface area contributed by atoms with Crippen molar-refractivity contribution < 1.29 is 12.4 Å². The maximum Gasteiger partial charge on any atom is 0.140 e. The molecule has 0 aliphatic carbocycles. The number of halogens is 1. The monoisotopic (exact) mass is 236 g/mol. The van der Waals surface area contributed by atoms with Crippen LogP contribution in [0, 0.1) is 0 Å². The second kappa shape index (κ2) is 4.32. The molecule has 0 aromatic heterocycles. The average molecular weight is 237 g/mol. The van der Waals surface area contributed by atoms with Gasteiger partial charge in [-0.05, 0) is 18.2 Å². The number of nitrogens with two attached hydrogens (primary N) is 1. The zero-order chi connectivity index (χ0) is 11.1. The Morgan fingerprint density at radius 1 is 0.875 bits per heavy atom. The zero-order valence-corrected chi connectivity index (χ0v) is 10.6. The lowest BCUT2D eigenvalue weighted by Crippen LogP contribution is -3.00. The van der Waals surface area contributed by atoms with Crippen molar-refractivity contribution in [2.24, 2.45) is 0 Å². The minimum atomic E-state index is 0. The third-order valence-electron chi connectivity index (χ3n) is 2.66. The zero-order valence-electron chi connectivity index (χ0n) is 9.87. The topological polar surface area (TPSA) is 26.0 Å². The smallest absolute Gasteiger partial charge is 0.140 e. The van der Waals surface area contributed by atoms with Crippen molar-refractivity contribution in [2.45, 2.75) is 0 Å². The summed E-state index contributed by atoms with van der Waals surface area (Å²) >= 11 is 0. The van der Waals surface area contributed by atoms with Crippen LogP contribution < -0.4 is 22.6 Å². The Morgan fingerprint density at radius 2 is 1.44 bits per heavy atom. The number of rotatable bonds is 1. The van der Waals surface area contributed by atoms with E-state index in [0.717, 1.165) is 15.6 Å². The Labute approximate surface area is 103 Å². The van der Waals surface area contributed by atoms with Gasteiger partial charge in [0.2, 0.25) is 0 Å². The lowest BCUT2D eigenvalue weighted by atomic mass is 10.1. The number of fused-ring (bicyclic) bond motifs is 1. The molecule has 0 aliphatic rings. The number of quaternary nitrogens is 1. The molecule has 3 heteroatoms. The van der Waals surface area contributed by atoms with Gasteiger partial charge in [-0.2, -0.15) is 0 Å². The van der Waals surface area contributed by atoms with Crippen molar-refractivity contribution in [3.63, 3.8) is 0 Å². The molecule has 86 valence electrons. The summed E-state index contributed by atoms with van der Waals surface area (Å²) < 4.78 is 0.806. The number of nitrogens with zero attached hydrogens (tertiary/aromatic N) is 1. The van der Waals surface area contributed by atoms with Gasteiger partial charge in [0.05, 0.1) is 21.1 Å². The predicted octanol–water partition coefficient (Wildman–Crippen LogP) is -0.377. The van der Waals surface area contributed by atoms with Crippen LogP contribution in [0.4, 0.5) is 11.4 Å². The molecular formula is C13H17ClN2.